The Bertz CT molecular complexity index is 468. The molecule has 3 heteroatoms. The van der Waals surface area contributed by atoms with Crippen LogP contribution in [0.2, 0.25) is 0 Å². The van der Waals surface area contributed by atoms with E-state index in [4.69, 9.17) is 5.73 Å². The number of hydrogen-bond acceptors (Lipinski definition) is 3. The highest BCUT2D eigenvalue weighted by molar-refractivity contribution is 5.47. The molecule has 0 fully saturated rings. The molecule has 0 radical (unpaired) electrons. The van der Waals surface area contributed by atoms with Crippen LogP contribution in [0.25, 0.3) is 0 Å². The van der Waals surface area contributed by atoms with E-state index in [1.165, 1.54) is 5.69 Å². The van der Waals surface area contributed by atoms with Crippen LogP contribution in [0.3, 0.4) is 0 Å². The summed E-state index contributed by atoms with van der Waals surface area (Å²) in [7, 11) is 0. The molecule has 0 saturated carbocycles. The normalized spacial score (nSPS) is 17.9. The van der Waals surface area contributed by atoms with Crippen molar-refractivity contribution in [2.75, 3.05) is 18.0 Å². The topological polar surface area (TPSA) is 42.1 Å². The fourth-order valence-electron chi connectivity index (χ4n) is 2.60. The van der Waals surface area contributed by atoms with Crippen LogP contribution >= 0.6 is 0 Å². The van der Waals surface area contributed by atoms with Crippen LogP contribution in [0.4, 0.5) is 5.69 Å². The SMILES string of the molecule is CC[C@H](N)c1ccc(N2CC=C(C(C)(C)C)CC2)cn1. The summed E-state index contributed by atoms with van der Waals surface area (Å²) in [5, 5.41) is 0. The minimum atomic E-state index is 0.0535. The smallest absolute Gasteiger partial charge is 0.0572 e. The molecule has 1 aliphatic rings. The molecule has 1 aliphatic heterocycles. The van der Waals surface area contributed by atoms with Crippen LogP contribution in [0.15, 0.2) is 30.0 Å². The van der Waals surface area contributed by atoms with E-state index in [0.717, 1.165) is 31.6 Å². The van der Waals surface area contributed by atoms with E-state index < -0.39 is 0 Å². The van der Waals surface area contributed by atoms with Gasteiger partial charge in [0.25, 0.3) is 0 Å². The number of anilines is 1. The van der Waals surface area contributed by atoms with Gasteiger partial charge in [-0.25, -0.2) is 0 Å². The van der Waals surface area contributed by atoms with E-state index in [0.29, 0.717) is 5.41 Å². The molecule has 0 amide bonds. The first kappa shape index (κ1) is 15.0. The zero-order valence-electron chi connectivity index (χ0n) is 13.2. The first-order valence-corrected chi connectivity index (χ1v) is 7.58. The van der Waals surface area contributed by atoms with Crippen LogP contribution in [0.1, 0.15) is 52.3 Å². The van der Waals surface area contributed by atoms with Gasteiger partial charge in [-0.1, -0.05) is 39.3 Å². The Labute approximate surface area is 122 Å². The van der Waals surface area contributed by atoms with E-state index in [2.05, 4.69) is 55.8 Å². The van der Waals surface area contributed by atoms with E-state index in [-0.39, 0.29) is 6.04 Å². The maximum absolute atomic E-state index is 6.00. The number of nitrogens with two attached hydrogens (primary N) is 1. The van der Waals surface area contributed by atoms with Crippen molar-refractivity contribution in [1.82, 2.24) is 4.98 Å². The molecule has 2 heterocycles. The van der Waals surface area contributed by atoms with Gasteiger partial charge in [-0.3, -0.25) is 4.98 Å². The van der Waals surface area contributed by atoms with Gasteiger partial charge in [-0.15, -0.1) is 0 Å². The predicted octanol–water partition coefficient (Wildman–Crippen LogP) is 3.67. The van der Waals surface area contributed by atoms with Crippen molar-refractivity contribution in [2.24, 2.45) is 11.1 Å². The van der Waals surface area contributed by atoms with Gasteiger partial charge < -0.3 is 10.6 Å². The van der Waals surface area contributed by atoms with Gasteiger partial charge in [0.05, 0.1) is 17.6 Å². The Morgan fingerprint density at radius 2 is 2.10 bits per heavy atom. The Balaban J connectivity index is 2.06. The second-order valence-corrected chi connectivity index (χ2v) is 6.63. The summed E-state index contributed by atoms with van der Waals surface area (Å²) in [5.74, 6) is 0. The Morgan fingerprint density at radius 1 is 1.35 bits per heavy atom. The third-order valence-corrected chi connectivity index (χ3v) is 4.13. The fraction of sp³-hybridized carbons (Fsp3) is 0.588. The molecule has 1 aromatic rings. The Hall–Kier alpha value is -1.35. The summed E-state index contributed by atoms with van der Waals surface area (Å²) >= 11 is 0. The van der Waals surface area contributed by atoms with Crippen molar-refractivity contribution >= 4 is 5.69 Å². The van der Waals surface area contributed by atoms with Crippen LogP contribution in [-0.2, 0) is 0 Å². The van der Waals surface area contributed by atoms with Gasteiger partial charge in [0.15, 0.2) is 0 Å². The summed E-state index contributed by atoms with van der Waals surface area (Å²) in [6, 6.07) is 4.26. The van der Waals surface area contributed by atoms with Gasteiger partial charge in [-0.2, -0.15) is 0 Å². The average Bonchev–Trinajstić information content (AvgIpc) is 2.46. The molecule has 2 N–H and O–H groups in total. The molecule has 0 saturated heterocycles. The molecule has 0 aromatic carbocycles. The quantitative estimate of drug-likeness (QED) is 0.854. The van der Waals surface area contributed by atoms with Gasteiger partial charge in [0.1, 0.15) is 0 Å². The molecule has 1 atom stereocenters. The molecule has 0 unspecified atom stereocenters. The zero-order chi connectivity index (χ0) is 14.8. The maximum Gasteiger partial charge on any atom is 0.0572 e. The van der Waals surface area contributed by atoms with Gasteiger partial charge in [-0.05, 0) is 30.4 Å². The third-order valence-electron chi connectivity index (χ3n) is 4.13. The lowest BCUT2D eigenvalue weighted by molar-refractivity contribution is 0.472. The molecule has 0 aliphatic carbocycles. The van der Waals surface area contributed by atoms with Crippen molar-refractivity contribution in [3.63, 3.8) is 0 Å². The lowest BCUT2D eigenvalue weighted by Gasteiger charge is -2.33. The highest BCUT2D eigenvalue weighted by atomic mass is 15.1. The van der Waals surface area contributed by atoms with Crippen molar-refractivity contribution in [3.8, 4) is 0 Å². The standard InChI is InChI=1S/C17H27N3/c1-5-15(18)16-7-6-14(12-19-16)20-10-8-13(9-11-20)17(2,3)4/h6-8,12,15H,5,9-11,18H2,1-4H3/t15-/m0/s1. The summed E-state index contributed by atoms with van der Waals surface area (Å²) in [6.45, 7) is 11.0. The van der Waals surface area contributed by atoms with E-state index in [1.807, 2.05) is 6.20 Å². The van der Waals surface area contributed by atoms with Crippen molar-refractivity contribution in [2.45, 2.75) is 46.6 Å². The van der Waals surface area contributed by atoms with Crippen LogP contribution in [0.5, 0.6) is 0 Å². The van der Waals surface area contributed by atoms with Crippen molar-refractivity contribution in [3.05, 3.63) is 35.7 Å². The maximum atomic E-state index is 6.00. The average molecular weight is 273 g/mol. The van der Waals surface area contributed by atoms with E-state index in [1.54, 1.807) is 5.57 Å². The monoisotopic (exact) mass is 273 g/mol. The third kappa shape index (κ3) is 3.40. The van der Waals surface area contributed by atoms with E-state index in [9.17, 15) is 0 Å². The minimum absolute atomic E-state index is 0.0535. The molecule has 1 aromatic heterocycles. The second-order valence-electron chi connectivity index (χ2n) is 6.63. The van der Waals surface area contributed by atoms with Crippen LogP contribution < -0.4 is 10.6 Å². The number of rotatable bonds is 3. The van der Waals surface area contributed by atoms with Gasteiger partial charge in [0, 0.05) is 19.1 Å². The van der Waals surface area contributed by atoms with Gasteiger partial charge in [0.2, 0.25) is 0 Å². The lowest BCUT2D eigenvalue weighted by Crippen LogP contribution is -2.31. The fourth-order valence-corrected chi connectivity index (χ4v) is 2.60. The predicted molar refractivity (Wildman–Crippen MR) is 85.8 cm³/mol. The van der Waals surface area contributed by atoms with Crippen LogP contribution in [-0.4, -0.2) is 18.1 Å². The van der Waals surface area contributed by atoms with Gasteiger partial charge >= 0.3 is 0 Å². The number of nitrogens with zero attached hydrogens (tertiary/aromatic N) is 2. The highest BCUT2D eigenvalue weighted by Gasteiger charge is 2.21. The van der Waals surface area contributed by atoms with E-state index >= 15 is 0 Å². The summed E-state index contributed by atoms with van der Waals surface area (Å²) in [5.41, 5.74) is 10.0. The molecular formula is C17H27N3. The minimum Gasteiger partial charge on any atom is -0.366 e. The molecule has 20 heavy (non-hydrogen) atoms. The number of hydrogen-bond donors (Lipinski definition) is 1. The molecule has 2 rings (SSSR count). The molecule has 3 nitrogen and oxygen atoms in total. The first-order valence-electron chi connectivity index (χ1n) is 7.58. The Kier molecular flexibility index (Phi) is 4.48. The molecule has 110 valence electrons. The van der Waals surface area contributed by atoms with Crippen molar-refractivity contribution < 1.29 is 0 Å². The number of pyridine rings is 1. The summed E-state index contributed by atoms with van der Waals surface area (Å²) < 4.78 is 0. The second kappa shape index (κ2) is 5.96. The molecular weight excluding hydrogens is 246 g/mol. The molecule has 0 spiro atoms. The Morgan fingerprint density at radius 3 is 2.55 bits per heavy atom. The zero-order valence-corrected chi connectivity index (χ0v) is 13.2. The number of aromatic nitrogens is 1. The summed E-state index contributed by atoms with van der Waals surface area (Å²) in [4.78, 5) is 6.88. The summed E-state index contributed by atoms with van der Waals surface area (Å²) in [6.07, 6.45) is 6.39. The highest BCUT2D eigenvalue weighted by Crippen LogP contribution is 2.31. The lowest BCUT2D eigenvalue weighted by atomic mass is 9.83. The first-order chi connectivity index (χ1) is 9.41. The van der Waals surface area contributed by atoms with Crippen LogP contribution in [0, 0.1) is 5.41 Å². The van der Waals surface area contributed by atoms with Crippen molar-refractivity contribution in [1.29, 1.82) is 0 Å². The largest absolute Gasteiger partial charge is 0.366 e. The molecule has 0 bridgehead atoms.